The first-order chi connectivity index (χ1) is 7.38. The molecule has 1 aromatic heterocycles. The highest BCUT2D eigenvalue weighted by atomic mass is 35.5. The van der Waals surface area contributed by atoms with E-state index in [4.69, 9.17) is 11.6 Å². The molecular weight excluding hydrogens is 228 g/mol. The quantitative estimate of drug-likeness (QED) is 0.653. The molecule has 0 bridgehead atoms. The lowest BCUT2D eigenvalue weighted by atomic mass is 10.4. The van der Waals surface area contributed by atoms with E-state index in [0.29, 0.717) is 5.88 Å². The number of alkyl halides is 1. The lowest BCUT2D eigenvalue weighted by Crippen LogP contribution is -1.84. The molecule has 0 saturated heterocycles. The molecule has 0 aliphatic carbocycles. The predicted molar refractivity (Wildman–Crippen MR) is 64.1 cm³/mol. The van der Waals surface area contributed by atoms with Gasteiger partial charge in [-0.1, -0.05) is 18.2 Å². The average Bonchev–Trinajstić information content (AvgIpc) is 2.76. The van der Waals surface area contributed by atoms with Gasteiger partial charge >= 0.3 is 0 Å². The molecule has 0 saturated carbocycles. The number of thioether (sulfide) groups is 1. The van der Waals surface area contributed by atoms with Gasteiger partial charge in [-0.05, 0) is 12.1 Å². The molecule has 0 radical (unpaired) electrons. The summed E-state index contributed by atoms with van der Waals surface area (Å²) in [6.45, 7) is 0. The topological polar surface area (TPSA) is 28.7 Å². The van der Waals surface area contributed by atoms with E-state index in [9.17, 15) is 0 Å². The van der Waals surface area contributed by atoms with Crippen LogP contribution in [0, 0.1) is 0 Å². The SMILES string of the molecule is ClCc1cnc(CSc2ccccc2)[nH]1. The number of aromatic nitrogens is 2. The zero-order valence-corrected chi connectivity index (χ0v) is 9.68. The fourth-order valence-electron chi connectivity index (χ4n) is 1.22. The summed E-state index contributed by atoms with van der Waals surface area (Å²) in [6.07, 6.45) is 1.79. The first-order valence-electron chi connectivity index (χ1n) is 4.65. The standard InChI is InChI=1S/C11H11ClN2S/c12-6-9-7-13-11(14-9)8-15-10-4-2-1-3-5-10/h1-5,7H,6,8H2,(H,13,14). The van der Waals surface area contributed by atoms with Crippen LogP contribution in [0.1, 0.15) is 11.5 Å². The van der Waals surface area contributed by atoms with Crippen molar-refractivity contribution in [1.82, 2.24) is 9.97 Å². The maximum Gasteiger partial charge on any atom is 0.116 e. The minimum Gasteiger partial charge on any atom is -0.344 e. The van der Waals surface area contributed by atoms with Crippen LogP contribution in [0.5, 0.6) is 0 Å². The molecule has 0 aliphatic heterocycles. The normalized spacial score (nSPS) is 10.5. The minimum absolute atomic E-state index is 0.489. The molecule has 0 atom stereocenters. The number of halogens is 1. The maximum absolute atomic E-state index is 5.68. The van der Waals surface area contributed by atoms with Crippen molar-refractivity contribution in [2.24, 2.45) is 0 Å². The minimum atomic E-state index is 0.489. The van der Waals surface area contributed by atoms with E-state index in [1.807, 2.05) is 18.2 Å². The van der Waals surface area contributed by atoms with Gasteiger partial charge in [0.15, 0.2) is 0 Å². The van der Waals surface area contributed by atoms with Crippen LogP contribution in [0.4, 0.5) is 0 Å². The second-order valence-corrected chi connectivity index (χ2v) is 4.41. The second kappa shape index (κ2) is 5.24. The highest BCUT2D eigenvalue weighted by Crippen LogP contribution is 2.20. The number of rotatable bonds is 4. The Morgan fingerprint density at radius 2 is 2.07 bits per heavy atom. The van der Waals surface area contributed by atoms with E-state index in [1.165, 1.54) is 4.90 Å². The first-order valence-corrected chi connectivity index (χ1v) is 6.17. The van der Waals surface area contributed by atoms with Gasteiger partial charge in [-0.3, -0.25) is 0 Å². The molecule has 15 heavy (non-hydrogen) atoms. The molecule has 2 nitrogen and oxygen atoms in total. The van der Waals surface area contributed by atoms with Crippen molar-refractivity contribution in [3.05, 3.63) is 48.0 Å². The van der Waals surface area contributed by atoms with Crippen LogP contribution in [0.2, 0.25) is 0 Å². The number of H-pyrrole nitrogens is 1. The Morgan fingerprint density at radius 3 is 2.73 bits per heavy atom. The molecule has 0 spiro atoms. The van der Waals surface area contributed by atoms with Crippen molar-refractivity contribution in [1.29, 1.82) is 0 Å². The molecule has 0 unspecified atom stereocenters. The highest BCUT2D eigenvalue weighted by Gasteiger charge is 2.00. The zero-order chi connectivity index (χ0) is 10.5. The second-order valence-electron chi connectivity index (χ2n) is 3.09. The Labute approximate surface area is 98.1 Å². The van der Waals surface area contributed by atoms with Gasteiger partial charge in [0.1, 0.15) is 5.82 Å². The third kappa shape index (κ3) is 3.01. The van der Waals surface area contributed by atoms with Gasteiger partial charge in [-0.15, -0.1) is 23.4 Å². The van der Waals surface area contributed by atoms with Gasteiger partial charge in [0.05, 0.1) is 11.6 Å². The highest BCUT2D eigenvalue weighted by molar-refractivity contribution is 7.98. The van der Waals surface area contributed by atoms with Crippen LogP contribution in [0.15, 0.2) is 41.4 Å². The summed E-state index contributed by atoms with van der Waals surface area (Å²) >= 11 is 7.44. The monoisotopic (exact) mass is 238 g/mol. The van der Waals surface area contributed by atoms with E-state index in [2.05, 4.69) is 22.1 Å². The van der Waals surface area contributed by atoms with E-state index in [-0.39, 0.29) is 0 Å². The van der Waals surface area contributed by atoms with Crippen molar-refractivity contribution in [3.8, 4) is 0 Å². The largest absolute Gasteiger partial charge is 0.344 e. The molecular formula is C11H11ClN2S. The Bertz CT molecular complexity index is 414. The summed E-state index contributed by atoms with van der Waals surface area (Å²) < 4.78 is 0. The van der Waals surface area contributed by atoms with Gasteiger partial charge < -0.3 is 4.98 Å². The number of aromatic amines is 1. The Morgan fingerprint density at radius 1 is 1.27 bits per heavy atom. The van der Waals surface area contributed by atoms with Crippen LogP contribution < -0.4 is 0 Å². The van der Waals surface area contributed by atoms with E-state index >= 15 is 0 Å². The Balaban J connectivity index is 1.93. The zero-order valence-electron chi connectivity index (χ0n) is 8.11. The lowest BCUT2D eigenvalue weighted by molar-refractivity contribution is 1.10. The van der Waals surface area contributed by atoms with Gasteiger partial charge in [0.25, 0.3) is 0 Å². The molecule has 0 aliphatic rings. The number of nitrogens with one attached hydrogen (secondary N) is 1. The molecule has 2 aromatic rings. The van der Waals surface area contributed by atoms with Crippen LogP contribution in [0.3, 0.4) is 0 Å². The summed E-state index contributed by atoms with van der Waals surface area (Å²) in [5, 5.41) is 0. The number of benzene rings is 1. The van der Waals surface area contributed by atoms with Crippen molar-refractivity contribution in [2.45, 2.75) is 16.5 Å². The number of imidazole rings is 1. The van der Waals surface area contributed by atoms with Crippen molar-refractivity contribution >= 4 is 23.4 Å². The summed E-state index contributed by atoms with van der Waals surface area (Å²) in [4.78, 5) is 8.66. The molecule has 4 heteroatoms. The number of hydrogen-bond acceptors (Lipinski definition) is 2. The van der Waals surface area contributed by atoms with Crippen LogP contribution in [-0.2, 0) is 11.6 Å². The predicted octanol–water partition coefficient (Wildman–Crippen LogP) is 3.44. The van der Waals surface area contributed by atoms with Crippen molar-refractivity contribution in [2.75, 3.05) is 0 Å². The van der Waals surface area contributed by atoms with Gasteiger partial charge in [0, 0.05) is 16.8 Å². The average molecular weight is 239 g/mol. The summed E-state index contributed by atoms with van der Waals surface area (Å²) in [5.41, 5.74) is 0.973. The molecule has 1 N–H and O–H groups in total. The van der Waals surface area contributed by atoms with E-state index in [0.717, 1.165) is 17.3 Å². The van der Waals surface area contributed by atoms with Crippen LogP contribution in [0.25, 0.3) is 0 Å². The van der Waals surface area contributed by atoms with Crippen molar-refractivity contribution in [3.63, 3.8) is 0 Å². The van der Waals surface area contributed by atoms with E-state index in [1.54, 1.807) is 18.0 Å². The van der Waals surface area contributed by atoms with Crippen molar-refractivity contribution < 1.29 is 0 Å². The first kappa shape index (κ1) is 10.6. The number of nitrogens with zero attached hydrogens (tertiary/aromatic N) is 1. The smallest absolute Gasteiger partial charge is 0.116 e. The molecule has 1 aromatic carbocycles. The Kier molecular flexibility index (Phi) is 3.69. The summed E-state index contributed by atoms with van der Waals surface area (Å²) in [5.74, 6) is 2.31. The summed E-state index contributed by atoms with van der Waals surface area (Å²) in [7, 11) is 0. The van der Waals surface area contributed by atoms with Crippen LogP contribution in [-0.4, -0.2) is 9.97 Å². The van der Waals surface area contributed by atoms with Gasteiger partial charge in [-0.25, -0.2) is 4.98 Å². The van der Waals surface area contributed by atoms with E-state index < -0.39 is 0 Å². The third-order valence-electron chi connectivity index (χ3n) is 1.94. The third-order valence-corrected chi connectivity index (χ3v) is 3.26. The van der Waals surface area contributed by atoms with Crippen LogP contribution >= 0.6 is 23.4 Å². The van der Waals surface area contributed by atoms with Gasteiger partial charge in [-0.2, -0.15) is 0 Å². The van der Waals surface area contributed by atoms with Gasteiger partial charge in [0.2, 0.25) is 0 Å². The molecule has 78 valence electrons. The fourth-order valence-corrected chi connectivity index (χ4v) is 2.15. The molecule has 2 rings (SSSR count). The molecule has 0 amide bonds. The lowest BCUT2D eigenvalue weighted by Gasteiger charge is -1.98. The number of hydrogen-bond donors (Lipinski definition) is 1. The molecule has 1 heterocycles. The summed E-state index contributed by atoms with van der Waals surface area (Å²) in [6, 6.07) is 10.3. The molecule has 0 fully saturated rings. The fraction of sp³-hybridized carbons (Fsp3) is 0.182. The Hall–Kier alpha value is -0.930. The maximum atomic E-state index is 5.68.